The van der Waals surface area contributed by atoms with E-state index in [2.05, 4.69) is 0 Å². The first-order valence-corrected chi connectivity index (χ1v) is 7.51. The summed E-state index contributed by atoms with van der Waals surface area (Å²) in [6, 6.07) is 6.10. The zero-order valence-electron chi connectivity index (χ0n) is 9.54. The van der Waals surface area contributed by atoms with Crippen LogP contribution in [0.4, 0.5) is 0 Å². The summed E-state index contributed by atoms with van der Waals surface area (Å²) in [7, 11) is -3.73. The second kappa shape index (κ2) is 4.68. The minimum Gasteiger partial charge on any atom is -0.462 e. The summed E-state index contributed by atoms with van der Waals surface area (Å²) in [5, 5.41) is 5.71. The van der Waals surface area contributed by atoms with E-state index in [1.165, 1.54) is 23.5 Å². The van der Waals surface area contributed by atoms with Crippen molar-refractivity contribution in [1.82, 2.24) is 0 Å². The van der Waals surface area contributed by atoms with Crippen LogP contribution in [0.5, 0.6) is 0 Å². The van der Waals surface area contributed by atoms with Gasteiger partial charge in [0.1, 0.15) is 4.88 Å². The number of nitrogens with two attached hydrogens (primary N) is 1. The highest BCUT2D eigenvalue weighted by Crippen LogP contribution is 2.28. The molecule has 0 spiro atoms. The number of fused-ring (bicyclic) bond motifs is 1. The predicted molar refractivity (Wildman–Crippen MR) is 69.2 cm³/mol. The Labute approximate surface area is 108 Å². The van der Waals surface area contributed by atoms with Crippen LogP contribution in [0.15, 0.2) is 29.2 Å². The van der Waals surface area contributed by atoms with Crippen molar-refractivity contribution in [1.29, 1.82) is 0 Å². The van der Waals surface area contributed by atoms with Crippen LogP contribution in [-0.4, -0.2) is 21.0 Å². The highest BCUT2D eigenvalue weighted by atomic mass is 32.2. The van der Waals surface area contributed by atoms with Crippen LogP contribution < -0.4 is 5.14 Å². The van der Waals surface area contributed by atoms with Gasteiger partial charge in [-0.2, -0.15) is 0 Å². The Kier molecular flexibility index (Phi) is 3.38. The molecule has 5 nitrogen and oxygen atoms in total. The van der Waals surface area contributed by atoms with Crippen molar-refractivity contribution in [3.8, 4) is 0 Å². The van der Waals surface area contributed by atoms with Crippen molar-refractivity contribution in [2.75, 3.05) is 6.61 Å². The van der Waals surface area contributed by atoms with Crippen LogP contribution >= 0.6 is 11.3 Å². The van der Waals surface area contributed by atoms with Crippen LogP contribution in [0.2, 0.25) is 0 Å². The van der Waals surface area contributed by atoms with Gasteiger partial charge in [-0.1, -0.05) is 0 Å². The van der Waals surface area contributed by atoms with Gasteiger partial charge in [-0.05, 0) is 36.6 Å². The number of hydrogen-bond donors (Lipinski definition) is 1. The lowest BCUT2D eigenvalue weighted by atomic mass is 10.2. The largest absolute Gasteiger partial charge is 0.462 e. The van der Waals surface area contributed by atoms with E-state index >= 15 is 0 Å². The van der Waals surface area contributed by atoms with Crippen molar-refractivity contribution < 1.29 is 17.9 Å². The fourth-order valence-electron chi connectivity index (χ4n) is 1.50. The zero-order valence-corrected chi connectivity index (χ0v) is 11.2. The number of carbonyl (C=O) groups is 1. The van der Waals surface area contributed by atoms with Gasteiger partial charge in [0.15, 0.2) is 0 Å². The van der Waals surface area contributed by atoms with Gasteiger partial charge in [-0.25, -0.2) is 18.4 Å². The molecule has 2 aromatic rings. The van der Waals surface area contributed by atoms with Gasteiger partial charge >= 0.3 is 5.97 Å². The molecular weight excluding hydrogens is 274 g/mol. The highest BCUT2D eigenvalue weighted by Gasteiger charge is 2.13. The SMILES string of the molecule is CCOC(=O)c1cc2cc(S(N)(=O)=O)ccc2s1. The number of sulfonamides is 1. The van der Waals surface area contributed by atoms with Crippen LogP contribution in [0.25, 0.3) is 10.1 Å². The van der Waals surface area contributed by atoms with E-state index in [-0.39, 0.29) is 4.90 Å². The van der Waals surface area contributed by atoms with E-state index in [9.17, 15) is 13.2 Å². The molecular formula is C11H11NO4S2. The van der Waals surface area contributed by atoms with Crippen molar-refractivity contribution in [3.05, 3.63) is 29.1 Å². The number of thiophene rings is 1. The maximum atomic E-state index is 11.5. The molecule has 0 aliphatic heterocycles. The molecule has 0 fully saturated rings. The fourth-order valence-corrected chi connectivity index (χ4v) is 2.99. The smallest absolute Gasteiger partial charge is 0.348 e. The third kappa shape index (κ3) is 2.53. The standard InChI is InChI=1S/C11H11NO4S2/c1-2-16-11(13)10-6-7-5-8(18(12,14)15)3-4-9(7)17-10/h3-6H,2H2,1H3,(H2,12,14,15). The Morgan fingerprint density at radius 3 is 2.72 bits per heavy atom. The topological polar surface area (TPSA) is 86.5 Å². The normalized spacial score (nSPS) is 11.7. The van der Waals surface area contributed by atoms with E-state index < -0.39 is 16.0 Å². The molecule has 2 rings (SSSR count). The maximum absolute atomic E-state index is 11.5. The number of rotatable bonds is 3. The molecule has 0 aliphatic carbocycles. The van der Waals surface area contributed by atoms with Gasteiger partial charge < -0.3 is 4.74 Å². The molecule has 7 heteroatoms. The number of carbonyl (C=O) groups excluding carboxylic acids is 1. The first kappa shape index (κ1) is 13.0. The molecule has 1 aromatic heterocycles. The minimum atomic E-state index is -3.73. The molecule has 0 bridgehead atoms. The fraction of sp³-hybridized carbons (Fsp3) is 0.182. The summed E-state index contributed by atoms with van der Waals surface area (Å²) >= 11 is 1.25. The number of primary sulfonamides is 1. The van der Waals surface area contributed by atoms with Gasteiger partial charge in [0, 0.05) is 4.70 Å². The first-order valence-electron chi connectivity index (χ1n) is 5.15. The zero-order chi connectivity index (χ0) is 13.3. The van der Waals surface area contributed by atoms with Crippen LogP contribution in [0.1, 0.15) is 16.6 Å². The lowest BCUT2D eigenvalue weighted by Crippen LogP contribution is -2.11. The Bertz CT molecular complexity index is 703. The third-order valence-electron chi connectivity index (χ3n) is 2.29. The Morgan fingerprint density at radius 1 is 1.39 bits per heavy atom. The second-order valence-corrected chi connectivity index (χ2v) is 6.22. The maximum Gasteiger partial charge on any atom is 0.348 e. The predicted octanol–water partition coefficient (Wildman–Crippen LogP) is 1.73. The number of benzene rings is 1. The Balaban J connectivity index is 2.49. The summed E-state index contributed by atoms with van der Waals surface area (Å²) in [6.45, 7) is 2.03. The van der Waals surface area contributed by atoms with E-state index in [0.29, 0.717) is 16.9 Å². The molecule has 0 saturated carbocycles. The number of esters is 1. The van der Waals surface area contributed by atoms with Crippen molar-refractivity contribution >= 4 is 37.4 Å². The van der Waals surface area contributed by atoms with Gasteiger partial charge in [-0.15, -0.1) is 11.3 Å². The number of ether oxygens (including phenoxy) is 1. The van der Waals surface area contributed by atoms with Gasteiger partial charge in [-0.3, -0.25) is 0 Å². The average Bonchev–Trinajstić information content (AvgIpc) is 2.70. The van der Waals surface area contributed by atoms with Gasteiger partial charge in [0.2, 0.25) is 10.0 Å². The molecule has 0 radical (unpaired) electrons. The first-order chi connectivity index (χ1) is 8.41. The van der Waals surface area contributed by atoms with Gasteiger partial charge in [0.05, 0.1) is 11.5 Å². The summed E-state index contributed by atoms with van der Waals surface area (Å²) < 4.78 is 28.1. The quantitative estimate of drug-likeness (QED) is 0.870. The monoisotopic (exact) mass is 285 g/mol. The van der Waals surface area contributed by atoms with Crippen LogP contribution in [0, 0.1) is 0 Å². The molecule has 0 saturated heterocycles. The van der Waals surface area contributed by atoms with Gasteiger partial charge in [0.25, 0.3) is 0 Å². The number of hydrogen-bond acceptors (Lipinski definition) is 5. The molecule has 96 valence electrons. The minimum absolute atomic E-state index is 0.0307. The second-order valence-electron chi connectivity index (χ2n) is 3.58. The van der Waals surface area contributed by atoms with E-state index in [1.807, 2.05) is 0 Å². The molecule has 18 heavy (non-hydrogen) atoms. The van der Waals surface area contributed by atoms with Crippen molar-refractivity contribution in [2.24, 2.45) is 5.14 Å². The van der Waals surface area contributed by atoms with Crippen molar-refractivity contribution in [3.63, 3.8) is 0 Å². The third-order valence-corrected chi connectivity index (χ3v) is 4.30. The van der Waals surface area contributed by atoms with Crippen molar-refractivity contribution in [2.45, 2.75) is 11.8 Å². The van der Waals surface area contributed by atoms with E-state index in [0.717, 1.165) is 4.70 Å². The van der Waals surface area contributed by atoms with E-state index in [1.54, 1.807) is 19.1 Å². The lowest BCUT2D eigenvalue weighted by molar-refractivity contribution is 0.0532. The molecule has 0 amide bonds. The molecule has 2 N–H and O–H groups in total. The summed E-state index contributed by atoms with van der Waals surface area (Å²) in [4.78, 5) is 12.0. The molecule has 0 aliphatic rings. The Morgan fingerprint density at radius 2 is 2.11 bits per heavy atom. The highest BCUT2D eigenvalue weighted by molar-refractivity contribution is 7.89. The van der Waals surface area contributed by atoms with Crippen LogP contribution in [-0.2, 0) is 14.8 Å². The lowest BCUT2D eigenvalue weighted by Gasteiger charge is -1.96. The molecule has 0 unspecified atom stereocenters. The van der Waals surface area contributed by atoms with Crippen LogP contribution in [0.3, 0.4) is 0 Å². The summed E-state index contributed by atoms with van der Waals surface area (Å²) in [5.41, 5.74) is 0. The molecule has 0 atom stereocenters. The summed E-state index contributed by atoms with van der Waals surface area (Å²) in [5.74, 6) is -0.407. The molecule has 1 aromatic carbocycles. The Hall–Kier alpha value is -1.44. The average molecular weight is 285 g/mol. The summed E-state index contributed by atoms with van der Waals surface area (Å²) in [6.07, 6.45) is 0. The molecule has 1 heterocycles. The van der Waals surface area contributed by atoms with E-state index in [4.69, 9.17) is 9.88 Å².